The average Bonchev–Trinajstić information content (AvgIpc) is 2.41. The van der Waals surface area contributed by atoms with E-state index >= 15 is 0 Å². The van der Waals surface area contributed by atoms with Crippen molar-refractivity contribution in [2.75, 3.05) is 13.1 Å². The largest absolute Gasteiger partial charge is 0.352 e. The number of benzene rings is 1. The third-order valence-corrected chi connectivity index (χ3v) is 4.49. The molecule has 3 nitrogen and oxygen atoms in total. The van der Waals surface area contributed by atoms with Gasteiger partial charge in [0.1, 0.15) is 0 Å². The molecule has 0 spiro atoms. The lowest BCUT2D eigenvalue weighted by Crippen LogP contribution is -2.52. The Hall–Kier alpha value is -0.770. The van der Waals surface area contributed by atoms with Gasteiger partial charge in [-0.25, -0.2) is 0 Å². The molecule has 21 heavy (non-hydrogen) atoms. The summed E-state index contributed by atoms with van der Waals surface area (Å²) in [6.07, 6.45) is 0.990. The molecular weight excluding hydrogens is 307 g/mol. The van der Waals surface area contributed by atoms with Crippen molar-refractivity contribution in [1.82, 2.24) is 10.6 Å². The summed E-state index contributed by atoms with van der Waals surface area (Å²) in [6, 6.07) is 7.77. The van der Waals surface area contributed by atoms with Gasteiger partial charge < -0.3 is 10.6 Å². The highest BCUT2D eigenvalue weighted by molar-refractivity contribution is 6.30. The Labute approximate surface area is 138 Å². The summed E-state index contributed by atoms with van der Waals surface area (Å²) in [5.74, 6) is 0.548. The van der Waals surface area contributed by atoms with E-state index in [2.05, 4.69) is 17.6 Å². The number of nitrogens with one attached hydrogen (secondary N) is 2. The first-order chi connectivity index (χ1) is 9.41. The molecule has 2 atom stereocenters. The number of halogens is 2. The van der Waals surface area contributed by atoms with E-state index in [0.717, 1.165) is 25.1 Å². The van der Waals surface area contributed by atoms with Crippen LogP contribution in [0.3, 0.4) is 0 Å². The van der Waals surface area contributed by atoms with E-state index in [4.69, 9.17) is 11.6 Å². The van der Waals surface area contributed by atoms with Crippen LogP contribution in [0.4, 0.5) is 0 Å². The van der Waals surface area contributed by atoms with Crippen molar-refractivity contribution in [2.45, 2.75) is 38.6 Å². The molecule has 0 aromatic heterocycles. The second kappa shape index (κ2) is 7.48. The fraction of sp³-hybridized carbons (Fsp3) is 0.562. The van der Waals surface area contributed by atoms with Gasteiger partial charge in [0, 0.05) is 11.1 Å². The van der Waals surface area contributed by atoms with Gasteiger partial charge in [0.15, 0.2) is 0 Å². The smallest absolute Gasteiger partial charge is 0.230 e. The molecule has 0 radical (unpaired) electrons. The average molecular weight is 331 g/mol. The lowest BCUT2D eigenvalue weighted by Gasteiger charge is -2.33. The number of amides is 1. The molecule has 2 rings (SSSR count). The molecule has 118 valence electrons. The molecule has 5 heteroatoms. The number of hydrogen-bond donors (Lipinski definition) is 2. The minimum atomic E-state index is -0.546. The SMILES string of the molecule is CC1CNCCC1NC(=O)C(C)(C)c1ccc(Cl)cc1.Cl. The highest BCUT2D eigenvalue weighted by atomic mass is 35.5. The number of carbonyl (C=O) groups excluding carboxylic acids is 1. The molecule has 1 aromatic rings. The summed E-state index contributed by atoms with van der Waals surface area (Å²) in [4.78, 5) is 12.6. The number of hydrogen-bond acceptors (Lipinski definition) is 2. The molecule has 0 bridgehead atoms. The summed E-state index contributed by atoms with van der Waals surface area (Å²) in [5, 5.41) is 7.25. The number of piperidine rings is 1. The lowest BCUT2D eigenvalue weighted by molar-refractivity contribution is -0.126. The Bertz CT molecular complexity index is 474. The molecule has 1 heterocycles. The first-order valence-electron chi connectivity index (χ1n) is 7.19. The first kappa shape index (κ1) is 18.3. The molecule has 1 aliphatic heterocycles. The van der Waals surface area contributed by atoms with Crippen LogP contribution in [0, 0.1) is 5.92 Å². The molecule has 1 aliphatic rings. The molecular formula is C16H24Cl2N2O. The van der Waals surface area contributed by atoms with E-state index in [1.54, 1.807) is 0 Å². The summed E-state index contributed by atoms with van der Waals surface area (Å²) in [5.41, 5.74) is 0.441. The zero-order valence-electron chi connectivity index (χ0n) is 12.8. The quantitative estimate of drug-likeness (QED) is 0.893. The molecule has 0 aliphatic carbocycles. The summed E-state index contributed by atoms with van der Waals surface area (Å²) in [6.45, 7) is 8.02. The van der Waals surface area contributed by atoms with Crippen LogP contribution in [0.5, 0.6) is 0 Å². The Morgan fingerprint density at radius 2 is 1.95 bits per heavy atom. The van der Waals surface area contributed by atoms with E-state index in [-0.39, 0.29) is 24.4 Å². The van der Waals surface area contributed by atoms with E-state index in [1.807, 2.05) is 38.1 Å². The fourth-order valence-electron chi connectivity index (χ4n) is 2.57. The van der Waals surface area contributed by atoms with Gasteiger partial charge in [-0.05, 0) is 57.0 Å². The Morgan fingerprint density at radius 1 is 1.33 bits per heavy atom. The van der Waals surface area contributed by atoms with Crippen LogP contribution in [-0.2, 0) is 10.2 Å². The molecule has 1 amide bonds. The zero-order chi connectivity index (χ0) is 14.8. The van der Waals surface area contributed by atoms with Crippen LogP contribution in [0.2, 0.25) is 5.02 Å². The summed E-state index contributed by atoms with van der Waals surface area (Å²) >= 11 is 5.91. The second-order valence-corrected chi connectivity index (χ2v) is 6.62. The van der Waals surface area contributed by atoms with Crippen LogP contribution in [-0.4, -0.2) is 25.0 Å². The fourth-order valence-corrected chi connectivity index (χ4v) is 2.70. The standard InChI is InChI=1S/C16H23ClN2O.ClH/c1-11-10-18-9-8-14(11)19-15(20)16(2,3)12-4-6-13(17)7-5-12;/h4-7,11,14,18H,8-10H2,1-3H3,(H,19,20);1H. The minimum Gasteiger partial charge on any atom is -0.352 e. The van der Waals surface area contributed by atoms with E-state index in [9.17, 15) is 4.79 Å². The van der Waals surface area contributed by atoms with Crippen molar-refractivity contribution in [3.8, 4) is 0 Å². The summed E-state index contributed by atoms with van der Waals surface area (Å²) < 4.78 is 0. The highest BCUT2D eigenvalue weighted by Gasteiger charge is 2.33. The number of carbonyl (C=O) groups is 1. The van der Waals surface area contributed by atoms with Crippen molar-refractivity contribution >= 4 is 29.9 Å². The van der Waals surface area contributed by atoms with Crippen LogP contribution in [0.1, 0.15) is 32.8 Å². The van der Waals surface area contributed by atoms with E-state index < -0.39 is 5.41 Å². The maximum absolute atomic E-state index is 12.6. The molecule has 0 saturated carbocycles. The summed E-state index contributed by atoms with van der Waals surface area (Å²) in [7, 11) is 0. The van der Waals surface area contributed by atoms with Crippen LogP contribution in [0.15, 0.2) is 24.3 Å². The van der Waals surface area contributed by atoms with Crippen molar-refractivity contribution in [1.29, 1.82) is 0 Å². The Balaban J connectivity index is 0.00000220. The van der Waals surface area contributed by atoms with Gasteiger partial charge in [-0.15, -0.1) is 12.4 Å². The normalized spacial score (nSPS) is 22.3. The molecule has 1 fully saturated rings. The minimum absolute atomic E-state index is 0. The third-order valence-electron chi connectivity index (χ3n) is 4.24. The molecule has 1 aromatic carbocycles. The van der Waals surface area contributed by atoms with Gasteiger partial charge in [0.2, 0.25) is 5.91 Å². The van der Waals surface area contributed by atoms with Crippen LogP contribution in [0.25, 0.3) is 0 Å². The van der Waals surface area contributed by atoms with Crippen LogP contribution >= 0.6 is 24.0 Å². The monoisotopic (exact) mass is 330 g/mol. The zero-order valence-corrected chi connectivity index (χ0v) is 14.4. The van der Waals surface area contributed by atoms with Crippen LogP contribution < -0.4 is 10.6 Å². The van der Waals surface area contributed by atoms with E-state index in [1.165, 1.54) is 0 Å². The van der Waals surface area contributed by atoms with Crippen molar-refractivity contribution in [3.05, 3.63) is 34.9 Å². The Morgan fingerprint density at radius 3 is 2.52 bits per heavy atom. The molecule has 1 saturated heterocycles. The van der Waals surface area contributed by atoms with Crippen molar-refractivity contribution in [3.63, 3.8) is 0 Å². The van der Waals surface area contributed by atoms with Gasteiger partial charge in [-0.3, -0.25) is 4.79 Å². The number of rotatable bonds is 3. The maximum atomic E-state index is 12.6. The van der Waals surface area contributed by atoms with Gasteiger partial charge in [-0.2, -0.15) is 0 Å². The lowest BCUT2D eigenvalue weighted by atomic mass is 9.83. The molecule has 2 N–H and O–H groups in total. The predicted octanol–water partition coefficient (Wildman–Crippen LogP) is 3.15. The highest BCUT2D eigenvalue weighted by Crippen LogP contribution is 2.25. The predicted molar refractivity (Wildman–Crippen MR) is 90.3 cm³/mol. The van der Waals surface area contributed by atoms with Crippen molar-refractivity contribution < 1.29 is 4.79 Å². The topological polar surface area (TPSA) is 41.1 Å². The van der Waals surface area contributed by atoms with Gasteiger partial charge in [-0.1, -0.05) is 30.7 Å². The first-order valence-corrected chi connectivity index (χ1v) is 7.57. The van der Waals surface area contributed by atoms with E-state index in [0.29, 0.717) is 10.9 Å². The second-order valence-electron chi connectivity index (χ2n) is 6.18. The van der Waals surface area contributed by atoms with Gasteiger partial charge in [0.05, 0.1) is 5.41 Å². The van der Waals surface area contributed by atoms with Gasteiger partial charge in [0.25, 0.3) is 0 Å². The van der Waals surface area contributed by atoms with Gasteiger partial charge >= 0.3 is 0 Å². The maximum Gasteiger partial charge on any atom is 0.230 e. The van der Waals surface area contributed by atoms with Crippen molar-refractivity contribution in [2.24, 2.45) is 5.92 Å². The Kier molecular flexibility index (Phi) is 6.51. The third kappa shape index (κ3) is 4.35. The molecule has 2 unspecified atom stereocenters.